The van der Waals surface area contributed by atoms with Crippen LogP contribution in [-0.4, -0.2) is 71.1 Å². The normalized spacial score (nSPS) is 15.5. The number of carbonyl (C=O) groups excluding carboxylic acids is 2. The summed E-state index contributed by atoms with van der Waals surface area (Å²) < 4.78 is 42.9. The predicted molar refractivity (Wildman–Crippen MR) is 145 cm³/mol. The van der Waals surface area contributed by atoms with E-state index in [4.69, 9.17) is 14.2 Å². The summed E-state index contributed by atoms with van der Waals surface area (Å²) in [5.41, 5.74) is 2.88. The topological polar surface area (TPSA) is 114 Å². The summed E-state index contributed by atoms with van der Waals surface area (Å²) in [7, 11) is -2.03. The third-order valence-corrected chi connectivity index (χ3v) is 8.56. The van der Waals surface area contributed by atoms with E-state index in [9.17, 15) is 18.0 Å². The number of fused-ring (bicyclic) bond motifs is 1. The number of rotatable bonds is 8. The average Bonchev–Trinajstić information content (AvgIpc) is 3.40. The van der Waals surface area contributed by atoms with Gasteiger partial charge in [0.25, 0.3) is 11.8 Å². The first-order valence-corrected chi connectivity index (χ1v) is 14.0. The number of nitrogens with one attached hydrogen (secondary N) is 1. The molecule has 0 radical (unpaired) electrons. The largest absolute Gasteiger partial charge is 0.497 e. The fourth-order valence-electron chi connectivity index (χ4n) is 4.55. The SMILES string of the molecule is COc1ccc(C(=O)N2CCc3ccc(NC(=O)COc4ccc(S(=O)(=O)N5CCOCC5)cc4)cc32)cc1. The highest BCUT2D eigenvalue weighted by molar-refractivity contribution is 7.89. The van der Waals surface area contributed by atoms with Crippen LogP contribution < -0.4 is 19.7 Å². The maximum atomic E-state index is 13.1. The van der Waals surface area contributed by atoms with E-state index in [-0.39, 0.29) is 23.3 Å². The second-order valence-electron chi connectivity index (χ2n) is 9.10. The van der Waals surface area contributed by atoms with Gasteiger partial charge in [0.2, 0.25) is 10.0 Å². The number of ether oxygens (including phenoxy) is 3. The molecule has 0 aromatic heterocycles. The molecule has 2 amide bonds. The quantitative estimate of drug-likeness (QED) is 0.458. The number of methoxy groups -OCH3 is 1. The molecule has 11 heteroatoms. The van der Waals surface area contributed by atoms with Crippen LogP contribution in [0.3, 0.4) is 0 Å². The van der Waals surface area contributed by atoms with Crippen LogP contribution in [0.5, 0.6) is 11.5 Å². The number of amides is 2. The zero-order valence-electron chi connectivity index (χ0n) is 21.5. The molecule has 0 saturated carbocycles. The van der Waals surface area contributed by atoms with Crippen molar-refractivity contribution in [2.75, 3.05) is 56.8 Å². The summed E-state index contributed by atoms with van der Waals surface area (Å²) in [5.74, 6) is 0.541. The molecule has 1 N–H and O–H groups in total. The highest BCUT2D eigenvalue weighted by atomic mass is 32.2. The number of hydrogen-bond acceptors (Lipinski definition) is 7. The Labute approximate surface area is 227 Å². The standard InChI is InChI=1S/C28H29N3O7S/c1-36-23-6-3-21(4-7-23)28(33)31-13-12-20-2-5-22(18-26(20)31)29-27(32)19-38-24-8-10-25(11-9-24)39(34,35)30-14-16-37-17-15-30/h2-11,18H,12-17,19H2,1H3,(H,29,32). The first-order valence-electron chi connectivity index (χ1n) is 12.5. The molecule has 3 aromatic rings. The molecule has 2 aliphatic rings. The van der Waals surface area contributed by atoms with Crippen molar-refractivity contribution < 1.29 is 32.2 Å². The van der Waals surface area contributed by atoms with Gasteiger partial charge in [-0.15, -0.1) is 0 Å². The lowest BCUT2D eigenvalue weighted by Crippen LogP contribution is -2.40. The van der Waals surface area contributed by atoms with Gasteiger partial charge in [0.15, 0.2) is 6.61 Å². The summed E-state index contributed by atoms with van der Waals surface area (Å²) in [5, 5.41) is 2.80. The summed E-state index contributed by atoms with van der Waals surface area (Å²) in [6.07, 6.45) is 0.728. The number of benzene rings is 3. The Bertz CT molecular complexity index is 1450. The number of carbonyl (C=O) groups is 2. The van der Waals surface area contributed by atoms with Crippen LogP contribution in [0.25, 0.3) is 0 Å². The second-order valence-corrected chi connectivity index (χ2v) is 11.0. The first-order chi connectivity index (χ1) is 18.8. The molecule has 3 aromatic carbocycles. The Morgan fingerprint density at radius 3 is 2.31 bits per heavy atom. The molecule has 0 unspecified atom stereocenters. The van der Waals surface area contributed by atoms with Crippen LogP contribution in [0.4, 0.5) is 11.4 Å². The van der Waals surface area contributed by atoms with Gasteiger partial charge in [-0.1, -0.05) is 6.07 Å². The molecule has 204 valence electrons. The van der Waals surface area contributed by atoms with Crippen molar-refractivity contribution in [1.82, 2.24) is 4.31 Å². The van der Waals surface area contributed by atoms with Crippen LogP contribution in [0, 0.1) is 0 Å². The molecule has 39 heavy (non-hydrogen) atoms. The van der Waals surface area contributed by atoms with Gasteiger partial charge in [0.1, 0.15) is 11.5 Å². The van der Waals surface area contributed by atoms with E-state index in [2.05, 4.69) is 5.32 Å². The van der Waals surface area contributed by atoms with Crippen molar-refractivity contribution in [3.63, 3.8) is 0 Å². The third kappa shape index (κ3) is 5.90. The fourth-order valence-corrected chi connectivity index (χ4v) is 5.96. The average molecular weight is 552 g/mol. The lowest BCUT2D eigenvalue weighted by Gasteiger charge is -2.26. The van der Waals surface area contributed by atoms with E-state index >= 15 is 0 Å². The van der Waals surface area contributed by atoms with Gasteiger partial charge in [-0.05, 0) is 72.6 Å². The van der Waals surface area contributed by atoms with E-state index in [0.717, 1.165) is 17.7 Å². The van der Waals surface area contributed by atoms with Crippen molar-refractivity contribution in [3.8, 4) is 11.5 Å². The zero-order chi connectivity index (χ0) is 27.4. The predicted octanol–water partition coefficient (Wildman–Crippen LogP) is 2.94. The molecular weight excluding hydrogens is 522 g/mol. The van der Waals surface area contributed by atoms with Crippen LogP contribution in [0.2, 0.25) is 0 Å². The van der Waals surface area contributed by atoms with Crippen molar-refractivity contribution in [2.45, 2.75) is 11.3 Å². The van der Waals surface area contributed by atoms with Crippen LogP contribution in [-0.2, 0) is 26.0 Å². The molecule has 1 fully saturated rings. The van der Waals surface area contributed by atoms with Crippen molar-refractivity contribution >= 4 is 33.2 Å². The summed E-state index contributed by atoms with van der Waals surface area (Å²) in [6, 6.07) is 18.4. The Hall–Kier alpha value is -3.93. The fraction of sp³-hybridized carbons (Fsp3) is 0.286. The zero-order valence-corrected chi connectivity index (χ0v) is 22.3. The van der Waals surface area contributed by atoms with Crippen LogP contribution in [0.15, 0.2) is 71.6 Å². The monoisotopic (exact) mass is 551 g/mol. The number of hydrogen-bond donors (Lipinski definition) is 1. The van der Waals surface area contributed by atoms with Crippen molar-refractivity contribution in [1.29, 1.82) is 0 Å². The first kappa shape index (κ1) is 26.7. The molecule has 0 aliphatic carbocycles. The number of nitrogens with zero attached hydrogens (tertiary/aromatic N) is 2. The number of anilines is 2. The molecule has 5 rings (SSSR count). The third-order valence-electron chi connectivity index (χ3n) is 6.65. The molecule has 2 aliphatic heterocycles. The molecule has 1 saturated heterocycles. The van der Waals surface area contributed by atoms with Gasteiger partial charge in [0, 0.05) is 36.6 Å². The van der Waals surface area contributed by atoms with Gasteiger partial charge in [0.05, 0.1) is 25.2 Å². The summed E-state index contributed by atoms with van der Waals surface area (Å²) >= 11 is 0. The van der Waals surface area contributed by atoms with E-state index in [1.54, 1.807) is 48.4 Å². The Kier molecular flexibility index (Phi) is 7.82. The minimum absolute atomic E-state index is 0.123. The lowest BCUT2D eigenvalue weighted by atomic mass is 10.1. The number of morpholine rings is 1. The van der Waals surface area contributed by atoms with E-state index in [1.807, 2.05) is 6.07 Å². The Morgan fingerprint density at radius 1 is 0.923 bits per heavy atom. The van der Waals surface area contributed by atoms with Gasteiger partial charge in [-0.3, -0.25) is 9.59 Å². The second kappa shape index (κ2) is 11.4. The number of sulfonamides is 1. The molecule has 0 bridgehead atoms. The van der Waals surface area contributed by atoms with Gasteiger partial charge >= 0.3 is 0 Å². The molecule has 0 atom stereocenters. The molecular formula is C28H29N3O7S. The minimum atomic E-state index is -3.60. The molecule has 2 heterocycles. The van der Waals surface area contributed by atoms with Gasteiger partial charge in [-0.25, -0.2) is 8.42 Å². The Morgan fingerprint density at radius 2 is 1.62 bits per heavy atom. The van der Waals surface area contributed by atoms with Crippen LogP contribution in [0.1, 0.15) is 15.9 Å². The van der Waals surface area contributed by atoms with Crippen molar-refractivity contribution in [2.24, 2.45) is 0 Å². The van der Waals surface area contributed by atoms with Gasteiger partial charge < -0.3 is 24.4 Å². The summed E-state index contributed by atoms with van der Waals surface area (Å²) in [4.78, 5) is 27.5. The minimum Gasteiger partial charge on any atom is -0.497 e. The Balaban J connectivity index is 1.19. The summed E-state index contributed by atoms with van der Waals surface area (Å²) in [6.45, 7) is 1.67. The smallest absolute Gasteiger partial charge is 0.262 e. The van der Waals surface area contributed by atoms with E-state index in [1.165, 1.54) is 28.6 Å². The van der Waals surface area contributed by atoms with E-state index in [0.29, 0.717) is 55.6 Å². The highest BCUT2D eigenvalue weighted by Gasteiger charge is 2.27. The van der Waals surface area contributed by atoms with E-state index < -0.39 is 10.0 Å². The highest BCUT2D eigenvalue weighted by Crippen LogP contribution is 2.32. The lowest BCUT2D eigenvalue weighted by molar-refractivity contribution is -0.118. The van der Waals surface area contributed by atoms with Crippen LogP contribution >= 0.6 is 0 Å². The maximum absolute atomic E-state index is 13.1. The maximum Gasteiger partial charge on any atom is 0.262 e. The van der Waals surface area contributed by atoms with Gasteiger partial charge in [-0.2, -0.15) is 4.31 Å². The molecule has 0 spiro atoms. The van der Waals surface area contributed by atoms with Crippen molar-refractivity contribution in [3.05, 3.63) is 77.9 Å². The molecule has 10 nitrogen and oxygen atoms in total.